The summed E-state index contributed by atoms with van der Waals surface area (Å²) in [6, 6.07) is 4.69. The minimum absolute atomic E-state index is 0.113. The fraction of sp³-hybridized carbons (Fsp3) is 0.167. The number of rotatable bonds is 9. The van der Waals surface area contributed by atoms with Crippen molar-refractivity contribution in [1.82, 2.24) is 9.71 Å². The lowest BCUT2D eigenvalue weighted by Gasteiger charge is -2.19. The molecular weight excluding hydrogens is 552 g/mol. The second-order valence-corrected chi connectivity index (χ2v) is 8.88. The minimum atomic E-state index is -4.29. The molecule has 0 radical (unpaired) electrons. The molecule has 8 nitrogen and oxygen atoms in total. The van der Waals surface area contributed by atoms with Gasteiger partial charge in [0.05, 0.1) is 23.1 Å². The Morgan fingerprint density at radius 3 is 2.55 bits per heavy atom. The van der Waals surface area contributed by atoms with Crippen LogP contribution < -0.4 is 14.8 Å². The molecule has 0 bridgehead atoms. The molecular formula is C18H16F3IN4O4S. The highest BCUT2D eigenvalue weighted by atomic mass is 127. The zero-order chi connectivity index (χ0) is 22.6. The number of halogens is 4. The molecule has 0 fully saturated rings. The Hall–Kier alpha value is -2.36. The van der Waals surface area contributed by atoms with Crippen molar-refractivity contribution in [3.63, 3.8) is 0 Å². The molecule has 0 unspecified atom stereocenters. The van der Waals surface area contributed by atoms with Crippen LogP contribution in [0.5, 0.6) is 0 Å². The first kappa shape index (κ1) is 23.3. The van der Waals surface area contributed by atoms with Crippen LogP contribution in [0.4, 0.5) is 30.2 Å². The van der Waals surface area contributed by atoms with Crippen molar-refractivity contribution < 1.29 is 31.1 Å². The topological polar surface area (TPSA) is 116 Å². The molecule has 1 aromatic heterocycles. The number of anilines is 3. The van der Waals surface area contributed by atoms with E-state index in [0.717, 1.165) is 6.07 Å². The molecule has 0 atom stereocenters. The lowest BCUT2D eigenvalue weighted by Crippen LogP contribution is -2.32. The lowest BCUT2D eigenvalue weighted by molar-refractivity contribution is 0.289. The first-order valence-corrected chi connectivity index (χ1v) is 11.3. The molecule has 31 heavy (non-hydrogen) atoms. The van der Waals surface area contributed by atoms with E-state index >= 15 is 0 Å². The molecule has 0 saturated carbocycles. The Balaban J connectivity index is 2.13. The van der Waals surface area contributed by atoms with Gasteiger partial charge in [0.1, 0.15) is 17.8 Å². The highest BCUT2D eigenvalue weighted by molar-refractivity contribution is 14.1. The Bertz CT molecular complexity index is 1180. The second-order valence-electron chi connectivity index (χ2n) is 6.13. The van der Waals surface area contributed by atoms with E-state index < -0.39 is 39.0 Å². The van der Waals surface area contributed by atoms with Crippen molar-refractivity contribution in [3.8, 4) is 11.5 Å². The maximum absolute atomic E-state index is 14.8. The molecule has 166 valence electrons. The summed E-state index contributed by atoms with van der Waals surface area (Å²) in [6.07, 6.45) is 2.53. The fourth-order valence-corrected chi connectivity index (χ4v) is 3.98. The predicted octanol–water partition coefficient (Wildman–Crippen LogP) is 3.74. The van der Waals surface area contributed by atoms with Crippen LogP contribution >= 0.6 is 22.6 Å². The number of aromatic nitrogens is 1. The molecule has 3 rings (SSSR count). The van der Waals surface area contributed by atoms with Crippen molar-refractivity contribution in [3.05, 3.63) is 57.7 Å². The number of aliphatic hydroxyl groups excluding tert-OH is 1. The first-order valence-electron chi connectivity index (χ1n) is 8.74. The van der Waals surface area contributed by atoms with Crippen molar-refractivity contribution in [2.75, 3.05) is 23.2 Å². The summed E-state index contributed by atoms with van der Waals surface area (Å²) in [4.78, 5) is 3.85. The van der Waals surface area contributed by atoms with Gasteiger partial charge < -0.3 is 14.8 Å². The van der Waals surface area contributed by atoms with Crippen LogP contribution in [0.25, 0.3) is 11.5 Å². The average molecular weight is 568 g/mol. The average Bonchev–Trinajstić information content (AvgIpc) is 3.23. The largest absolute Gasteiger partial charge is 0.444 e. The number of nitrogens with one attached hydrogen (secondary N) is 3. The van der Waals surface area contributed by atoms with Gasteiger partial charge in [-0.25, -0.2) is 18.2 Å². The molecule has 0 saturated heterocycles. The van der Waals surface area contributed by atoms with Gasteiger partial charge in [0.2, 0.25) is 5.89 Å². The normalized spacial score (nSPS) is 11.5. The second kappa shape index (κ2) is 9.84. The van der Waals surface area contributed by atoms with Gasteiger partial charge in [0.15, 0.2) is 11.6 Å². The van der Waals surface area contributed by atoms with E-state index in [1.165, 1.54) is 24.6 Å². The van der Waals surface area contributed by atoms with Crippen LogP contribution in [0.15, 0.2) is 41.1 Å². The standard InChI is InChI=1S/C18H16F3IN4O4S/c19-12-8-10(22)2-3-14(12)25-17-15(21)13(20)9-11(18-23-5-7-30-18)16(17)26-31(28,29)24-4-1-6-27/h2-3,5,7-9,24-27H,1,4,6H2. The number of nitrogens with zero attached hydrogens (tertiary/aromatic N) is 1. The SMILES string of the molecule is O=S(=O)(NCCCO)Nc1c(-c2ncco2)cc(F)c(F)c1Nc1ccc(I)cc1F. The Morgan fingerprint density at radius 2 is 1.90 bits per heavy atom. The smallest absolute Gasteiger partial charge is 0.299 e. The Labute approximate surface area is 189 Å². The van der Waals surface area contributed by atoms with Crippen LogP contribution in [0.2, 0.25) is 0 Å². The number of hydrogen-bond acceptors (Lipinski definition) is 6. The monoisotopic (exact) mass is 568 g/mol. The molecule has 0 aliphatic rings. The Morgan fingerprint density at radius 1 is 1.13 bits per heavy atom. The number of oxazole rings is 1. The third-order valence-electron chi connectivity index (χ3n) is 3.94. The molecule has 0 spiro atoms. The van der Waals surface area contributed by atoms with Gasteiger partial charge >= 0.3 is 0 Å². The molecule has 13 heteroatoms. The molecule has 0 aliphatic carbocycles. The minimum Gasteiger partial charge on any atom is -0.444 e. The third-order valence-corrected chi connectivity index (χ3v) is 5.66. The van der Waals surface area contributed by atoms with Crippen LogP contribution in [0.1, 0.15) is 6.42 Å². The van der Waals surface area contributed by atoms with Gasteiger partial charge in [-0.15, -0.1) is 0 Å². The molecule has 2 aromatic carbocycles. The van der Waals surface area contributed by atoms with Crippen molar-refractivity contribution in [1.29, 1.82) is 0 Å². The first-order chi connectivity index (χ1) is 14.7. The summed E-state index contributed by atoms with van der Waals surface area (Å²) in [6.45, 7) is -0.369. The van der Waals surface area contributed by atoms with Crippen molar-refractivity contribution in [2.45, 2.75) is 6.42 Å². The highest BCUT2D eigenvalue weighted by Crippen LogP contribution is 2.39. The van der Waals surface area contributed by atoms with Gasteiger partial charge in [-0.1, -0.05) is 0 Å². The summed E-state index contributed by atoms with van der Waals surface area (Å²) < 4.78 is 78.3. The maximum atomic E-state index is 14.8. The van der Waals surface area contributed by atoms with E-state index in [9.17, 15) is 21.6 Å². The van der Waals surface area contributed by atoms with Gasteiger partial charge in [-0.05, 0) is 53.3 Å². The van der Waals surface area contributed by atoms with E-state index in [2.05, 4.69) is 19.7 Å². The van der Waals surface area contributed by atoms with E-state index in [4.69, 9.17) is 9.52 Å². The summed E-state index contributed by atoms with van der Waals surface area (Å²) in [5.74, 6) is -3.74. The van der Waals surface area contributed by atoms with Crippen LogP contribution in [0.3, 0.4) is 0 Å². The van der Waals surface area contributed by atoms with E-state index in [1.807, 2.05) is 22.6 Å². The summed E-state index contributed by atoms with van der Waals surface area (Å²) in [5.41, 5.74) is -1.54. The van der Waals surface area contributed by atoms with Crippen LogP contribution in [0, 0.1) is 21.0 Å². The lowest BCUT2D eigenvalue weighted by atomic mass is 10.1. The van der Waals surface area contributed by atoms with Gasteiger partial charge in [0, 0.05) is 16.7 Å². The van der Waals surface area contributed by atoms with Gasteiger partial charge in [-0.3, -0.25) is 4.72 Å². The molecule has 0 aliphatic heterocycles. The molecule has 0 amide bonds. The van der Waals surface area contributed by atoms with Gasteiger partial charge in [-0.2, -0.15) is 13.1 Å². The summed E-state index contributed by atoms with van der Waals surface area (Å²) in [7, 11) is -4.29. The highest BCUT2D eigenvalue weighted by Gasteiger charge is 2.26. The van der Waals surface area contributed by atoms with E-state index in [-0.39, 0.29) is 36.7 Å². The van der Waals surface area contributed by atoms with Crippen molar-refractivity contribution in [2.24, 2.45) is 0 Å². The number of aliphatic hydroxyl groups is 1. The fourth-order valence-electron chi connectivity index (χ4n) is 2.56. The van der Waals surface area contributed by atoms with Crippen LogP contribution in [-0.4, -0.2) is 31.7 Å². The number of hydrogen-bond donors (Lipinski definition) is 4. The van der Waals surface area contributed by atoms with E-state index in [1.54, 1.807) is 0 Å². The van der Waals surface area contributed by atoms with E-state index in [0.29, 0.717) is 9.64 Å². The van der Waals surface area contributed by atoms with Gasteiger partial charge in [0.25, 0.3) is 10.2 Å². The maximum Gasteiger partial charge on any atom is 0.299 e. The molecule has 3 aromatic rings. The summed E-state index contributed by atoms with van der Waals surface area (Å²) >= 11 is 1.88. The third kappa shape index (κ3) is 5.66. The number of benzene rings is 2. The quantitative estimate of drug-likeness (QED) is 0.231. The zero-order valence-electron chi connectivity index (χ0n) is 15.6. The summed E-state index contributed by atoms with van der Waals surface area (Å²) in [5, 5.41) is 11.2. The Kier molecular flexibility index (Phi) is 7.40. The zero-order valence-corrected chi connectivity index (χ0v) is 18.6. The predicted molar refractivity (Wildman–Crippen MR) is 117 cm³/mol. The molecule has 4 N–H and O–H groups in total. The van der Waals surface area contributed by atoms with Crippen LogP contribution in [-0.2, 0) is 10.2 Å². The molecule has 1 heterocycles. The van der Waals surface area contributed by atoms with Crippen molar-refractivity contribution >= 4 is 49.9 Å².